The molecule has 0 radical (unpaired) electrons. The molecule has 2 aliphatic carbocycles. The second kappa shape index (κ2) is 9.79. The molecule has 29 heavy (non-hydrogen) atoms. The van der Waals surface area contributed by atoms with Crippen LogP contribution < -0.4 is 0 Å². The molecule has 0 nitrogen and oxygen atoms in total. The smallest absolute Gasteiger partial charge is 0.0162 e. The van der Waals surface area contributed by atoms with E-state index in [0.29, 0.717) is 0 Å². The van der Waals surface area contributed by atoms with Crippen LogP contribution in [0.2, 0.25) is 0 Å². The lowest BCUT2D eigenvalue weighted by Gasteiger charge is -2.28. The molecule has 0 aromatic heterocycles. The fraction of sp³-hybridized carbons (Fsp3) is 0.517. The van der Waals surface area contributed by atoms with Gasteiger partial charge in [-0.3, -0.25) is 0 Å². The van der Waals surface area contributed by atoms with E-state index in [9.17, 15) is 0 Å². The zero-order valence-electron chi connectivity index (χ0n) is 18.3. The number of benzene rings is 2. The quantitative estimate of drug-likeness (QED) is 0.435. The van der Waals surface area contributed by atoms with Gasteiger partial charge in [-0.2, -0.15) is 0 Å². The van der Waals surface area contributed by atoms with Gasteiger partial charge in [-0.15, -0.1) is 6.58 Å². The van der Waals surface area contributed by atoms with Crippen molar-refractivity contribution in [3.8, 4) is 11.1 Å². The Labute approximate surface area is 178 Å². The third-order valence-corrected chi connectivity index (χ3v) is 7.75. The van der Waals surface area contributed by atoms with Gasteiger partial charge in [0, 0.05) is 0 Å². The highest BCUT2D eigenvalue weighted by Crippen LogP contribution is 2.39. The molecule has 0 aliphatic heterocycles. The first-order valence-electron chi connectivity index (χ1n) is 12.1. The molecule has 154 valence electrons. The highest BCUT2D eigenvalue weighted by Gasteiger charge is 2.22. The Morgan fingerprint density at radius 3 is 1.55 bits per heavy atom. The summed E-state index contributed by atoms with van der Waals surface area (Å²) in [6, 6.07) is 18.9. The number of hydrogen-bond donors (Lipinski definition) is 0. The van der Waals surface area contributed by atoms with E-state index in [1.54, 1.807) is 5.56 Å². The summed E-state index contributed by atoms with van der Waals surface area (Å²) < 4.78 is 0. The van der Waals surface area contributed by atoms with Gasteiger partial charge in [0.05, 0.1) is 0 Å². The van der Waals surface area contributed by atoms with Gasteiger partial charge in [-0.1, -0.05) is 74.4 Å². The molecule has 0 N–H and O–H groups in total. The fourth-order valence-corrected chi connectivity index (χ4v) is 5.78. The maximum atomic E-state index is 3.97. The van der Waals surface area contributed by atoms with Gasteiger partial charge in [0.25, 0.3) is 0 Å². The van der Waals surface area contributed by atoms with Gasteiger partial charge in [-0.05, 0) is 97.3 Å². The molecule has 2 aliphatic rings. The van der Waals surface area contributed by atoms with E-state index in [1.807, 2.05) is 0 Å². The topological polar surface area (TPSA) is 0 Å². The lowest BCUT2D eigenvalue weighted by molar-refractivity contribution is 0.308. The predicted octanol–water partition coefficient (Wildman–Crippen LogP) is 8.89. The Morgan fingerprint density at radius 2 is 1.14 bits per heavy atom. The standard InChI is InChI=1S/C29H38/c1-3-5-23-8-12-25(13-9-23)27-16-20-29(21-17-27)28-18-14-26(15-19-28)24-10-6-22(4-2)7-11-24/h4,14-25H,2-3,5-13H2,1H3. The van der Waals surface area contributed by atoms with Crippen LogP contribution in [0.1, 0.15) is 94.1 Å². The number of allylic oxidation sites excluding steroid dienone is 1. The average molecular weight is 387 g/mol. The maximum absolute atomic E-state index is 3.97. The average Bonchev–Trinajstić information content (AvgIpc) is 2.80. The van der Waals surface area contributed by atoms with Gasteiger partial charge < -0.3 is 0 Å². The minimum Gasteiger partial charge on any atom is -0.103 e. The van der Waals surface area contributed by atoms with Crippen LogP contribution in [0.3, 0.4) is 0 Å². The van der Waals surface area contributed by atoms with Crippen LogP contribution >= 0.6 is 0 Å². The molecule has 0 bridgehead atoms. The molecule has 0 atom stereocenters. The molecule has 0 heteroatoms. The van der Waals surface area contributed by atoms with E-state index >= 15 is 0 Å². The molecule has 2 fully saturated rings. The summed E-state index contributed by atoms with van der Waals surface area (Å²) in [5.74, 6) is 3.25. The predicted molar refractivity (Wildman–Crippen MR) is 126 cm³/mol. The molecule has 0 amide bonds. The lowest BCUT2D eigenvalue weighted by Crippen LogP contribution is -2.13. The summed E-state index contributed by atoms with van der Waals surface area (Å²) in [4.78, 5) is 0. The second-order valence-electron chi connectivity index (χ2n) is 9.60. The molecule has 0 spiro atoms. The van der Waals surface area contributed by atoms with Crippen LogP contribution in [-0.2, 0) is 0 Å². The van der Waals surface area contributed by atoms with Crippen LogP contribution in [-0.4, -0.2) is 0 Å². The maximum Gasteiger partial charge on any atom is -0.0162 e. The monoisotopic (exact) mass is 386 g/mol. The van der Waals surface area contributed by atoms with E-state index < -0.39 is 0 Å². The Kier molecular flexibility index (Phi) is 6.90. The number of hydrogen-bond acceptors (Lipinski definition) is 0. The van der Waals surface area contributed by atoms with E-state index in [2.05, 4.69) is 68.1 Å². The van der Waals surface area contributed by atoms with Gasteiger partial charge in [0.2, 0.25) is 0 Å². The molecule has 2 aromatic carbocycles. The summed E-state index contributed by atoms with van der Waals surface area (Å²) in [5.41, 5.74) is 5.79. The van der Waals surface area contributed by atoms with Crippen molar-refractivity contribution in [3.63, 3.8) is 0 Å². The van der Waals surface area contributed by atoms with Crippen LogP contribution in [0.25, 0.3) is 11.1 Å². The van der Waals surface area contributed by atoms with Crippen LogP contribution in [0, 0.1) is 11.8 Å². The second-order valence-corrected chi connectivity index (χ2v) is 9.60. The molecule has 0 saturated heterocycles. The minimum atomic E-state index is 0.741. The van der Waals surface area contributed by atoms with Crippen LogP contribution in [0.4, 0.5) is 0 Å². The van der Waals surface area contributed by atoms with Crippen molar-refractivity contribution < 1.29 is 0 Å². The largest absolute Gasteiger partial charge is 0.103 e. The zero-order chi connectivity index (χ0) is 20.1. The molecule has 2 aromatic rings. The van der Waals surface area contributed by atoms with Crippen molar-refractivity contribution in [1.29, 1.82) is 0 Å². The molecular weight excluding hydrogens is 348 g/mol. The Hall–Kier alpha value is -1.82. The van der Waals surface area contributed by atoms with Crippen LogP contribution in [0.15, 0.2) is 61.2 Å². The van der Waals surface area contributed by atoms with Crippen molar-refractivity contribution in [2.24, 2.45) is 11.8 Å². The minimum absolute atomic E-state index is 0.741. The van der Waals surface area contributed by atoms with Crippen molar-refractivity contribution in [1.82, 2.24) is 0 Å². The van der Waals surface area contributed by atoms with Crippen LogP contribution in [0.5, 0.6) is 0 Å². The summed E-state index contributed by atoms with van der Waals surface area (Å²) in [6.07, 6.45) is 15.8. The van der Waals surface area contributed by atoms with Gasteiger partial charge in [-0.25, -0.2) is 0 Å². The Balaban J connectivity index is 1.36. The highest BCUT2D eigenvalue weighted by atomic mass is 14.3. The third kappa shape index (κ3) is 5.03. The lowest BCUT2D eigenvalue weighted by atomic mass is 9.77. The van der Waals surface area contributed by atoms with Gasteiger partial charge in [0.1, 0.15) is 0 Å². The van der Waals surface area contributed by atoms with Gasteiger partial charge in [0.15, 0.2) is 0 Å². The number of rotatable bonds is 6. The first kappa shape index (κ1) is 20.5. The first-order chi connectivity index (χ1) is 14.3. The normalized spacial score (nSPS) is 27.5. The van der Waals surface area contributed by atoms with Crippen molar-refractivity contribution in [3.05, 3.63) is 72.3 Å². The van der Waals surface area contributed by atoms with E-state index in [0.717, 1.165) is 23.7 Å². The third-order valence-electron chi connectivity index (χ3n) is 7.75. The molecule has 0 unspecified atom stereocenters. The summed E-state index contributed by atoms with van der Waals surface area (Å²) >= 11 is 0. The summed E-state index contributed by atoms with van der Waals surface area (Å²) in [6.45, 7) is 6.30. The van der Waals surface area contributed by atoms with Gasteiger partial charge >= 0.3 is 0 Å². The first-order valence-corrected chi connectivity index (χ1v) is 12.1. The van der Waals surface area contributed by atoms with Crippen molar-refractivity contribution in [2.45, 2.75) is 83.0 Å². The Bertz CT molecular complexity index is 751. The summed E-state index contributed by atoms with van der Waals surface area (Å²) in [7, 11) is 0. The van der Waals surface area contributed by atoms with Crippen molar-refractivity contribution in [2.75, 3.05) is 0 Å². The summed E-state index contributed by atoms with van der Waals surface area (Å²) in [5, 5.41) is 0. The molecule has 0 heterocycles. The molecule has 4 rings (SSSR count). The highest BCUT2D eigenvalue weighted by molar-refractivity contribution is 5.64. The molecule has 2 saturated carbocycles. The SMILES string of the molecule is C=CC1CCC(c2ccc(-c3ccc(C4CCC(CCC)CC4)cc3)cc2)CC1. The zero-order valence-corrected chi connectivity index (χ0v) is 18.3. The van der Waals surface area contributed by atoms with E-state index in [-0.39, 0.29) is 0 Å². The van der Waals surface area contributed by atoms with Crippen molar-refractivity contribution >= 4 is 0 Å². The fourth-order valence-electron chi connectivity index (χ4n) is 5.78. The van der Waals surface area contributed by atoms with E-state index in [4.69, 9.17) is 0 Å². The Morgan fingerprint density at radius 1 is 0.690 bits per heavy atom. The molecular formula is C29H38. The van der Waals surface area contributed by atoms with E-state index in [1.165, 1.54) is 80.9 Å².